The van der Waals surface area contributed by atoms with Crippen LogP contribution in [0.2, 0.25) is 0 Å². The van der Waals surface area contributed by atoms with Crippen LogP contribution in [0, 0.1) is 13.8 Å². The Morgan fingerprint density at radius 2 is 1.81 bits per heavy atom. The van der Waals surface area contributed by atoms with Crippen LogP contribution in [-0.4, -0.2) is 49.6 Å². The molecular formula is C19H22F3N2O3+. The molecule has 0 saturated carbocycles. The Hall–Kier alpha value is -2.32. The lowest BCUT2D eigenvalue weighted by Crippen LogP contribution is -3.14. The van der Waals surface area contributed by atoms with E-state index in [0.29, 0.717) is 31.0 Å². The van der Waals surface area contributed by atoms with Crippen LogP contribution in [0.15, 0.2) is 30.3 Å². The van der Waals surface area contributed by atoms with E-state index < -0.39 is 6.36 Å². The number of aromatic nitrogens is 1. The van der Waals surface area contributed by atoms with E-state index >= 15 is 0 Å². The fourth-order valence-electron chi connectivity index (χ4n) is 3.40. The number of ether oxygens (including phenoxy) is 2. The molecule has 0 radical (unpaired) electrons. The van der Waals surface area contributed by atoms with Gasteiger partial charge in [0.05, 0.1) is 13.2 Å². The maximum absolute atomic E-state index is 12.7. The molecule has 0 bridgehead atoms. The van der Waals surface area contributed by atoms with E-state index in [1.807, 2.05) is 24.5 Å². The van der Waals surface area contributed by atoms with Gasteiger partial charge in [-0.1, -0.05) is 0 Å². The van der Waals surface area contributed by atoms with Crippen molar-refractivity contribution >= 4 is 5.78 Å². The molecule has 1 N–H and O–H groups in total. The van der Waals surface area contributed by atoms with Crippen molar-refractivity contribution in [3.8, 4) is 11.4 Å². The van der Waals surface area contributed by atoms with E-state index in [0.717, 1.165) is 24.5 Å². The number of hydrogen-bond donors (Lipinski definition) is 1. The summed E-state index contributed by atoms with van der Waals surface area (Å²) in [5, 5.41) is 0. The Kier molecular flexibility index (Phi) is 5.57. The molecule has 146 valence electrons. The van der Waals surface area contributed by atoms with Gasteiger partial charge in [0.25, 0.3) is 0 Å². The number of morpholine rings is 1. The van der Waals surface area contributed by atoms with Crippen molar-refractivity contribution in [1.29, 1.82) is 0 Å². The fraction of sp³-hybridized carbons (Fsp3) is 0.421. The van der Waals surface area contributed by atoms with Gasteiger partial charge in [0, 0.05) is 22.6 Å². The summed E-state index contributed by atoms with van der Waals surface area (Å²) in [6.07, 6.45) is -4.72. The number of nitrogens with one attached hydrogen (secondary N) is 1. The number of ketones is 1. The normalized spacial score (nSPS) is 15.7. The molecule has 0 unspecified atom stereocenters. The van der Waals surface area contributed by atoms with Crippen LogP contribution in [0.3, 0.4) is 0 Å². The molecule has 27 heavy (non-hydrogen) atoms. The Bertz CT molecular complexity index is 807. The largest absolute Gasteiger partial charge is 0.573 e. The van der Waals surface area contributed by atoms with Gasteiger partial charge in [-0.3, -0.25) is 4.79 Å². The Morgan fingerprint density at radius 1 is 1.19 bits per heavy atom. The number of alkyl halides is 3. The van der Waals surface area contributed by atoms with E-state index in [4.69, 9.17) is 4.74 Å². The highest BCUT2D eigenvalue weighted by molar-refractivity contribution is 5.98. The maximum Gasteiger partial charge on any atom is 0.573 e. The summed E-state index contributed by atoms with van der Waals surface area (Å²) in [6.45, 7) is 7.06. The predicted octanol–water partition coefficient (Wildman–Crippen LogP) is 2.09. The molecule has 0 atom stereocenters. The number of halogens is 3. The van der Waals surface area contributed by atoms with Gasteiger partial charge in [-0.25, -0.2) is 0 Å². The molecule has 1 aliphatic rings. The number of hydrogen-bond acceptors (Lipinski definition) is 3. The molecule has 0 aliphatic carbocycles. The lowest BCUT2D eigenvalue weighted by atomic mass is 10.1. The van der Waals surface area contributed by atoms with Crippen molar-refractivity contribution in [1.82, 2.24) is 4.57 Å². The molecular weight excluding hydrogens is 361 g/mol. The molecule has 1 saturated heterocycles. The molecule has 1 aromatic carbocycles. The number of rotatable bonds is 5. The van der Waals surface area contributed by atoms with Gasteiger partial charge in [-0.2, -0.15) is 0 Å². The van der Waals surface area contributed by atoms with E-state index in [1.165, 1.54) is 17.0 Å². The fourth-order valence-corrected chi connectivity index (χ4v) is 3.40. The molecule has 0 amide bonds. The first-order valence-electron chi connectivity index (χ1n) is 8.74. The number of carbonyl (C=O) groups excluding carboxylic acids is 1. The van der Waals surface area contributed by atoms with Crippen molar-refractivity contribution in [3.63, 3.8) is 0 Å². The van der Waals surface area contributed by atoms with E-state index in [9.17, 15) is 18.0 Å². The first-order chi connectivity index (χ1) is 12.7. The van der Waals surface area contributed by atoms with Gasteiger partial charge in [0.2, 0.25) is 5.78 Å². The van der Waals surface area contributed by atoms with Gasteiger partial charge in [-0.05, 0) is 44.2 Å². The monoisotopic (exact) mass is 383 g/mol. The molecule has 3 rings (SSSR count). The lowest BCUT2D eigenvalue weighted by molar-refractivity contribution is -0.899. The van der Waals surface area contributed by atoms with Gasteiger partial charge < -0.3 is 18.9 Å². The summed E-state index contributed by atoms with van der Waals surface area (Å²) in [7, 11) is 0. The van der Waals surface area contributed by atoms with Gasteiger partial charge in [0.1, 0.15) is 25.4 Å². The average molecular weight is 383 g/mol. The second-order valence-corrected chi connectivity index (χ2v) is 6.62. The van der Waals surface area contributed by atoms with Crippen molar-refractivity contribution in [2.45, 2.75) is 20.2 Å². The van der Waals surface area contributed by atoms with E-state index in [-0.39, 0.29) is 11.5 Å². The van der Waals surface area contributed by atoms with Gasteiger partial charge in [0.15, 0.2) is 0 Å². The second kappa shape index (κ2) is 7.74. The summed E-state index contributed by atoms with van der Waals surface area (Å²) in [4.78, 5) is 13.9. The zero-order chi connectivity index (χ0) is 19.6. The number of aryl methyl sites for hydroxylation is 1. The number of Topliss-reactive ketones (excluding diaryl/α,β-unsaturated/α-hetero) is 1. The molecule has 5 nitrogen and oxygen atoms in total. The zero-order valence-electron chi connectivity index (χ0n) is 15.2. The Morgan fingerprint density at radius 3 is 2.41 bits per heavy atom. The predicted molar refractivity (Wildman–Crippen MR) is 92.6 cm³/mol. The smallest absolute Gasteiger partial charge is 0.406 e. The third-order valence-electron chi connectivity index (χ3n) is 4.67. The van der Waals surface area contributed by atoms with Crippen LogP contribution in [0.5, 0.6) is 5.75 Å². The first kappa shape index (κ1) is 19.4. The summed E-state index contributed by atoms with van der Waals surface area (Å²) in [5.74, 6) is -0.218. The average Bonchev–Trinajstić information content (AvgIpc) is 2.90. The SMILES string of the molecule is Cc1cc(C(=O)C[NH+]2CCOCC2)c(C)n1-c1ccc(OC(F)(F)F)cc1. The maximum atomic E-state index is 12.7. The number of quaternary nitrogens is 1. The minimum Gasteiger partial charge on any atom is -0.406 e. The van der Waals surface area contributed by atoms with E-state index in [2.05, 4.69) is 4.74 Å². The number of carbonyl (C=O) groups is 1. The van der Waals surface area contributed by atoms with Crippen LogP contribution in [-0.2, 0) is 4.74 Å². The third kappa shape index (κ3) is 4.70. The summed E-state index contributed by atoms with van der Waals surface area (Å²) in [5.41, 5.74) is 2.94. The van der Waals surface area contributed by atoms with Crippen molar-refractivity contribution in [2.75, 3.05) is 32.8 Å². The second-order valence-electron chi connectivity index (χ2n) is 6.62. The van der Waals surface area contributed by atoms with Crippen molar-refractivity contribution in [2.24, 2.45) is 0 Å². The molecule has 1 aliphatic heterocycles. The quantitative estimate of drug-likeness (QED) is 0.805. The van der Waals surface area contributed by atoms with E-state index in [1.54, 1.807) is 12.1 Å². The molecule has 1 aromatic heterocycles. The highest BCUT2D eigenvalue weighted by Crippen LogP contribution is 2.26. The highest BCUT2D eigenvalue weighted by Gasteiger charge is 2.31. The summed E-state index contributed by atoms with van der Waals surface area (Å²) >= 11 is 0. The minimum atomic E-state index is -4.72. The standard InChI is InChI=1S/C19H21F3N2O3/c1-13-11-17(18(25)12-23-7-9-26-10-8-23)14(2)24(13)15-3-5-16(6-4-15)27-19(20,21)22/h3-6,11H,7-10,12H2,1-2H3/p+1. The van der Waals surface area contributed by atoms with Crippen LogP contribution in [0.4, 0.5) is 13.2 Å². The molecule has 2 aromatic rings. The summed E-state index contributed by atoms with van der Waals surface area (Å²) in [6, 6.07) is 7.45. The molecule has 0 spiro atoms. The molecule has 8 heteroatoms. The lowest BCUT2D eigenvalue weighted by Gasteiger charge is -2.23. The van der Waals surface area contributed by atoms with Crippen molar-refractivity contribution in [3.05, 3.63) is 47.3 Å². The zero-order valence-corrected chi connectivity index (χ0v) is 15.2. The van der Waals surface area contributed by atoms with Crippen LogP contribution in [0.1, 0.15) is 21.7 Å². The van der Waals surface area contributed by atoms with Crippen molar-refractivity contribution < 1.29 is 32.3 Å². The molecule has 2 heterocycles. The number of benzene rings is 1. The topological polar surface area (TPSA) is 44.9 Å². The first-order valence-corrected chi connectivity index (χ1v) is 8.74. The minimum absolute atomic E-state index is 0.0586. The number of nitrogens with zero attached hydrogens (tertiary/aromatic N) is 1. The highest BCUT2D eigenvalue weighted by atomic mass is 19.4. The van der Waals surface area contributed by atoms with Crippen LogP contribution >= 0.6 is 0 Å². The van der Waals surface area contributed by atoms with Gasteiger partial charge in [-0.15, -0.1) is 13.2 Å². The third-order valence-corrected chi connectivity index (χ3v) is 4.67. The van der Waals surface area contributed by atoms with Gasteiger partial charge >= 0.3 is 6.36 Å². The summed E-state index contributed by atoms with van der Waals surface area (Å²) < 4.78 is 48.0. The van der Waals surface area contributed by atoms with Crippen LogP contribution < -0.4 is 9.64 Å². The van der Waals surface area contributed by atoms with Crippen LogP contribution in [0.25, 0.3) is 5.69 Å². The molecule has 1 fully saturated rings. The Balaban J connectivity index is 1.79. The Labute approximate surface area is 155 Å².